The van der Waals surface area contributed by atoms with E-state index in [4.69, 9.17) is 11.6 Å². The lowest BCUT2D eigenvalue weighted by atomic mass is 10.1. The van der Waals surface area contributed by atoms with Crippen LogP contribution < -0.4 is 10.0 Å². The summed E-state index contributed by atoms with van der Waals surface area (Å²) in [5.41, 5.74) is 1.22. The molecule has 0 saturated heterocycles. The van der Waals surface area contributed by atoms with Crippen LogP contribution in [0.2, 0.25) is 5.02 Å². The Hall–Kier alpha value is -1.89. The largest absolute Gasteiger partial charge is 0.345 e. The van der Waals surface area contributed by atoms with Gasteiger partial charge in [0.1, 0.15) is 0 Å². The van der Waals surface area contributed by atoms with Gasteiger partial charge in [-0.05, 0) is 55.7 Å². The van der Waals surface area contributed by atoms with Crippen molar-refractivity contribution in [2.24, 2.45) is 0 Å². The van der Waals surface area contributed by atoms with Crippen molar-refractivity contribution in [3.8, 4) is 0 Å². The molecule has 2 aromatic carbocycles. The molecule has 1 aliphatic carbocycles. The quantitative estimate of drug-likeness (QED) is 0.810. The zero-order valence-corrected chi connectivity index (χ0v) is 15.3. The van der Waals surface area contributed by atoms with Gasteiger partial charge in [0, 0.05) is 16.6 Å². The van der Waals surface area contributed by atoms with E-state index >= 15 is 0 Å². The SMILES string of the molecule is CC(NC(=O)c1ccc(S(=O)(=O)NC2CC2)cc1)c1ccccc1Cl. The Morgan fingerprint density at radius 3 is 2.36 bits per heavy atom. The molecule has 2 aromatic rings. The smallest absolute Gasteiger partial charge is 0.251 e. The molecule has 0 spiro atoms. The summed E-state index contributed by atoms with van der Waals surface area (Å²) in [7, 11) is -3.51. The second kappa shape index (κ2) is 7.15. The zero-order valence-electron chi connectivity index (χ0n) is 13.7. The lowest BCUT2D eigenvalue weighted by Crippen LogP contribution is -2.27. The number of carbonyl (C=O) groups excluding carboxylic acids is 1. The van der Waals surface area contributed by atoms with E-state index in [0.29, 0.717) is 10.6 Å². The summed E-state index contributed by atoms with van der Waals surface area (Å²) in [5, 5.41) is 3.45. The van der Waals surface area contributed by atoms with Gasteiger partial charge in [0.25, 0.3) is 5.91 Å². The molecule has 2 N–H and O–H groups in total. The molecule has 1 amide bonds. The van der Waals surface area contributed by atoms with Crippen LogP contribution in [-0.4, -0.2) is 20.4 Å². The van der Waals surface area contributed by atoms with E-state index in [0.717, 1.165) is 18.4 Å². The Balaban J connectivity index is 1.69. The molecule has 7 heteroatoms. The van der Waals surface area contributed by atoms with Crippen LogP contribution >= 0.6 is 11.6 Å². The summed E-state index contributed by atoms with van der Waals surface area (Å²) in [5.74, 6) is -0.286. The molecule has 25 heavy (non-hydrogen) atoms. The lowest BCUT2D eigenvalue weighted by molar-refractivity contribution is 0.0940. The van der Waals surface area contributed by atoms with Crippen LogP contribution in [0.3, 0.4) is 0 Å². The van der Waals surface area contributed by atoms with Gasteiger partial charge in [-0.2, -0.15) is 0 Å². The Bertz CT molecular complexity index is 877. The Morgan fingerprint density at radius 1 is 1.12 bits per heavy atom. The first-order chi connectivity index (χ1) is 11.9. The maximum absolute atomic E-state index is 12.4. The van der Waals surface area contributed by atoms with Crippen molar-refractivity contribution in [3.63, 3.8) is 0 Å². The first-order valence-electron chi connectivity index (χ1n) is 8.04. The molecule has 0 aliphatic heterocycles. The van der Waals surface area contributed by atoms with Crippen molar-refractivity contribution >= 4 is 27.5 Å². The number of halogens is 1. The molecular weight excluding hydrogens is 360 g/mol. The van der Waals surface area contributed by atoms with Crippen LogP contribution in [0.15, 0.2) is 53.4 Å². The van der Waals surface area contributed by atoms with Crippen molar-refractivity contribution in [1.29, 1.82) is 0 Å². The first-order valence-corrected chi connectivity index (χ1v) is 9.90. The van der Waals surface area contributed by atoms with Crippen LogP contribution in [0.1, 0.15) is 41.7 Å². The highest BCUT2D eigenvalue weighted by molar-refractivity contribution is 7.89. The minimum atomic E-state index is -3.51. The van der Waals surface area contributed by atoms with Gasteiger partial charge in [0.2, 0.25) is 10.0 Å². The number of hydrogen-bond donors (Lipinski definition) is 2. The van der Waals surface area contributed by atoms with E-state index in [1.54, 1.807) is 6.07 Å². The number of hydrogen-bond acceptors (Lipinski definition) is 3. The van der Waals surface area contributed by atoms with E-state index < -0.39 is 10.0 Å². The molecule has 0 radical (unpaired) electrons. The maximum atomic E-state index is 12.4. The molecule has 0 bridgehead atoms. The molecule has 1 unspecified atom stereocenters. The molecule has 5 nitrogen and oxygen atoms in total. The lowest BCUT2D eigenvalue weighted by Gasteiger charge is -2.16. The topological polar surface area (TPSA) is 75.3 Å². The Labute approximate surface area is 152 Å². The minimum Gasteiger partial charge on any atom is -0.345 e. The number of sulfonamides is 1. The second-order valence-corrected chi connectivity index (χ2v) is 8.26. The average Bonchev–Trinajstić information content (AvgIpc) is 3.38. The summed E-state index contributed by atoms with van der Waals surface area (Å²) < 4.78 is 26.9. The summed E-state index contributed by atoms with van der Waals surface area (Å²) in [6.07, 6.45) is 1.75. The monoisotopic (exact) mass is 378 g/mol. The van der Waals surface area contributed by atoms with Crippen molar-refractivity contribution in [2.45, 2.75) is 36.7 Å². The number of carbonyl (C=O) groups is 1. The molecule has 0 aromatic heterocycles. The highest BCUT2D eigenvalue weighted by Gasteiger charge is 2.28. The fourth-order valence-electron chi connectivity index (χ4n) is 2.46. The summed E-state index contributed by atoms with van der Waals surface area (Å²) in [6, 6.07) is 13.0. The highest BCUT2D eigenvalue weighted by atomic mass is 35.5. The Morgan fingerprint density at radius 2 is 1.76 bits per heavy atom. The van der Waals surface area contributed by atoms with Crippen LogP contribution in [0.5, 0.6) is 0 Å². The number of benzene rings is 2. The standard InChI is InChI=1S/C18H19ClN2O3S/c1-12(16-4-2-3-5-17(16)19)20-18(22)13-6-10-15(11-7-13)25(23,24)21-14-8-9-14/h2-7,10-12,14,21H,8-9H2,1H3,(H,20,22). The van der Waals surface area contributed by atoms with Crippen molar-refractivity contribution in [3.05, 3.63) is 64.7 Å². The van der Waals surface area contributed by atoms with Gasteiger partial charge < -0.3 is 5.32 Å². The third-order valence-corrected chi connectivity index (χ3v) is 5.93. The van der Waals surface area contributed by atoms with Crippen LogP contribution in [-0.2, 0) is 10.0 Å². The second-order valence-electron chi connectivity index (χ2n) is 6.14. The molecule has 1 fully saturated rings. The van der Waals surface area contributed by atoms with Crippen molar-refractivity contribution < 1.29 is 13.2 Å². The number of amides is 1. The molecule has 3 rings (SSSR count). The normalized spacial score (nSPS) is 15.6. The molecule has 0 heterocycles. The molecular formula is C18H19ClN2O3S. The van der Waals surface area contributed by atoms with E-state index in [1.807, 2.05) is 25.1 Å². The molecule has 1 aliphatic rings. The fourth-order valence-corrected chi connectivity index (χ4v) is 4.06. The first kappa shape index (κ1) is 17.9. The van der Waals surface area contributed by atoms with Gasteiger partial charge in [0.15, 0.2) is 0 Å². The van der Waals surface area contributed by atoms with Crippen molar-refractivity contribution in [1.82, 2.24) is 10.0 Å². The van der Waals surface area contributed by atoms with Gasteiger partial charge in [-0.3, -0.25) is 4.79 Å². The molecule has 1 saturated carbocycles. The van der Waals surface area contributed by atoms with Gasteiger partial charge in [-0.15, -0.1) is 0 Å². The summed E-state index contributed by atoms with van der Waals surface area (Å²) in [6.45, 7) is 1.84. The van der Waals surface area contributed by atoms with Gasteiger partial charge in [-0.25, -0.2) is 13.1 Å². The van der Waals surface area contributed by atoms with E-state index in [2.05, 4.69) is 10.0 Å². The summed E-state index contributed by atoms with van der Waals surface area (Å²) in [4.78, 5) is 12.5. The average molecular weight is 379 g/mol. The predicted octanol–water partition coefficient (Wildman–Crippen LogP) is 3.27. The van der Waals surface area contributed by atoms with Crippen LogP contribution in [0.25, 0.3) is 0 Å². The summed E-state index contributed by atoms with van der Waals surface area (Å²) >= 11 is 6.14. The van der Waals surface area contributed by atoms with Crippen LogP contribution in [0.4, 0.5) is 0 Å². The minimum absolute atomic E-state index is 0.0458. The number of nitrogens with one attached hydrogen (secondary N) is 2. The van der Waals surface area contributed by atoms with Crippen molar-refractivity contribution in [2.75, 3.05) is 0 Å². The van der Waals surface area contributed by atoms with Gasteiger partial charge >= 0.3 is 0 Å². The van der Waals surface area contributed by atoms with Crippen LogP contribution in [0, 0.1) is 0 Å². The zero-order chi connectivity index (χ0) is 18.0. The molecule has 132 valence electrons. The highest BCUT2D eigenvalue weighted by Crippen LogP contribution is 2.24. The van der Waals surface area contributed by atoms with E-state index in [1.165, 1.54) is 24.3 Å². The number of rotatable bonds is 6. The maximum Gasteiger partial charge on any atom is 0.251 e. The van der Waals surface area contributed by atoms with Gasteiger partial charge in [-0.1, -0.05) is 29.8 Å². The van der Waals surface area contributed by atoms with E-state index in [-0.39, 0.29) is 22.9 Å². The fraction of sp³-hybridized carbons (Fsp3) is 0.278. The molecule has 1 atom stereocenters. The third-order valence-electron chi connectivity index (χ3n) is 4.05. The Kier molecular flexibility index (Phi) is 5.13. The van der Waals surface area contributed by atoms with E-state index in [9.17, 15) is 13.2 Å². The van der Waals surface area contributed by atoms with Gasteiger partial charge in [0.05, 0.1) is 10.9 Å². The predicted molar refractivity (Wildman–Crippen MR) is 97.1 cm³/mol. The third kappa shape index (κ3) is 4.39.